The Labute approximate surface area is 153 Å². The number of rotatable bonds is 5. The van der Waals surface area contributed by atoms with Gasteiger partial charge in [-0.2, -0.15) is 5.10 Å². The van der Waals surface area contributed by atoms with Gasteiger partial charge < -0.3 is 4.90 Å². The number of fused-ring (bicyclic) bond motifs is 1. The molecular weight excluding hydrogens is 358 g/mol. The van der Waals surface area contributed by atoms with Crippen molar-refractivity contribution in [3.8, 4) is 0 Å². The third-order valence-electron chi connectivity index (χ3n) is 3.77. The second-order valence-corrected chi connectivity index (χ2v) is 7.30. The number of carbonyl (C=O) groups is 1. The molecule has 0 aliphatic heterocycles. The second-order valence-electron chi connectivity index (χ2n) is 5.50. The molecule has 7 heteroatoms. The Morgan fingerprint density at radius 1 is 1.32 bits per heavy atom. The molecule has 0 saturated heterocycles. The molecule has 128 valence electrons. The molecule has 1 aromatic carbocycles. The first kappa shape index (κ1) is 17.4. The number of amides is 1. The summed E-state index contributed by atoms with van der Waals surface area (Å²) in [6.45, 7) is 4.50. The standard InChI is InChI=1S/C18H16ClN3O2S/c1-3-10-22(11-12-8-9-15(19)25-12)18(24)16-13-6-4-5-7-14(13)17(23)21(2)20-16/h3-9H,1,10-11H2,2H3. The van der Waals surface area contributed by atoms with Crippen LogP contribution in [0.1, 0.15) is 15.4 Å². The number of aromatic nitrogens is 2. The van der Waals surface area contributed by atoms with Crippen LogP contribution in [0.25, 0.3) is 10.8 Å². The zero-order chi connectivity index (χ0) is 18.0. The lowest BCUT2D eigenvalue weighted by molar-refractivity contribution is 0.0758. The second kappa shape index (κ2) is 7.21. The van der Waals surface area contributed by atoms with Crippen molar-refractivity contribution >= 4 is 39.6 Å². The fourth-order valence-electron chi connectivity index (χ4n) is 2.61. The average molecular weight is 374 g/mol. The largest absolute Gasteiger partial charge is 0.328 e. The third kappa shape index (κ3) is 3.50. The molecule has 0 saturated carbocycles. The van der Waals surface area contributed by atoms with Gasteiger partial charge in [-0.05, 0) is 18.2 Å². The summed E-state index contributed by atoms with van der Waals surface area (Å²) in [5.74, 6) is -0.253. The van der Waals surface area contributed by atoms with Crippen LogP contribution in [-0.4, -0.2) is 27.1 Å². The molecule has 0 bridgehead atoms. The van der Waals surface area contributed by atoms with Gasteiger partial charge in [0.2, 0.25) is 0 Å². The van der Waals surface area contributed by atoms with Gasteiger partial charge in [-0.3, -0.25) is 9.59 Å². The molecule has 0 N–H and O–H groups in total. The van der Waals surface area contributed by atoms with E-state index in [0.29, 0.717) is 28.2 Å². The van der Waals surface area contributed by atoms with Gasteiger partial charge in [0.25, 0.3) is 11.5 Å². The summed E-state index contributed by atoms with van der Waals surface area (Å²) in [5.41, 5.74) is 0.0228. The fraction of sp³-hybridized carbons (Fsp3) is 0.167. The zero-order valence-electron chi connectivity index (χ0n) is 13.6. The maximum absolute atomic E-state index is 13.1. The van der Waals surface area contributed by atoms with Gasteiger partial charge in [0.05, 0.1) is 16.3 Å². The molecule has 0 radical (unpaired) electrons. The van der Waals surface area contributed by atoms with Gasteiger partial charge in [0, 0.05) is 23.9 Å². The van der Waals surface area contributed by atoms with Crippen molar-refractivity contribution in [3.63, 3.8) is 0 Å². The van der Waals surface area contributed by atoms with Crippen molar-refractivity contribution in [1.29, 1.82) is 0 Å². The Morgan fingerprint density at radius 2 is 2.04 bits per heavy atom. The summed E-state index contributed by atoms with van der Waals surface area (Å²) >= 11 is 7.40. The predicted molar refractivity (Wildman–Crippen MR) is 101 cm³/mol. The number of benzene rings is 1. The summed E-state index contributed by atoms with van der Waals surface area (Å²) in [4.78, 5) is 27.9. The summed E-state index contributed by atoms with van der Waals surface area (Å²) in [5, 5.41) is 5.23. The Hall–Kier alpha value is -2.44. The lowest BCUT2D eigenvalue weighted by Gasteiger charge is -2.21. The summed E-state index contributed by atoms with van der Waals surface area (Å²) in [7, 11) is 1.54. The number of hydrogen-bond acceptors (Lipinski definition) is 4. The smallest absolute Gasteiger partial charge is 0.275 e. The van der Waals surface area contributed by atoms with Crippen LogP contribution in [0.5, 0.6) is 0 Å². The predicted octanol–water partition coefficient (Wildman–Crippen LogP) is 3.48. The highest BCUT2D eigenvalue weighted by Gasteiger charge is 2.21. The van der Waals surface area contributed by atoms with Crippen molar-refractivity contribution < 1.29 is 4.79 Å². The molecule has 0 spiro atoms. The van der Waals surface area contributed by atoms with Crippen LogP contribution in [-0.2, 0) is 13.6 Å². The van der Waals surface area contributed by atoms with E-state index in [4.69, 9.17) is 11.6 Å². The Kier molecular flexibility index (Phi) is 5.01. The first-order chi connectivity index (χ1) is 12.0. The number of thiophene rings is 1. The van der Waals surface area contributed by atoms with Crippen molar-refractivity contribution in [2.75, 3.05) is 6.54 Å². The number of carbonyl (C=O) groups excluding carboxylic acids is 1. The molecule has 0 unspecified atom stereocenters. The molecule has 0 aliphatic carbocycles. The lowest BCUT2D eigenvalue weighted by atomic mass is 10.1. The van der Waals surface area contributed by atoms with E-state index in [2.05, 4.69) is 11.7 Å². The van der Waals surface area contributed by atoms with Gasteiger partial charge >= 0.3 is 0 Å². The Balaban J connectivity index is 2.05. The van der Waals surface area contributed by atoms with E-state index in [1.54, 1.807) is 48.4 Å². The molecule has 3 rings (SSSR count). The van der Waals surface area contributed by atoms with E-state index < -0.39 is 0 Å². The monoisotopic (exact) mass is 373 g/mol. The summed E-state index contributed by atoms with van der Waals surface area (Å²) in [6.07, 6.45) is 1.66. The van der Waals surface area contributed by atoms with Gasteiger partial charge in [0.15, 0.2) is 5.69 Å². The Morgan fingerprint density at radius 3 is 2.68 bits per heavy atom. The summed E-state index contributed by atoms with van der Waals surface area (Å²) < 4.78 is 1.87. The minimum Gasteiger partial charge on any atom is -0.328 e. The van der Waals surface area contributed by atoms with Crippen molar-refractivity contribution in [1.82, 2.24) is 14.7 Å². The van der Waals surface area contributed by atoms with Gasteiger partial charge in [-0.25, -0.2) is 4.68 Å². The normalized spacial score (nSPS) is 10.8. The van der Waals surface area contributed by atoms with Crippen LogP contribution in [0, 0.1) is 0 Å². The van der Waals surface area contributed by atoms with E-state index in [0.717, 1.165) is 4.88 Å². The van der Waals surface area contributed by atoms with Crippen LogP contribution < -0.4 is 5.56 Å². The quantitative estimate of drug-likeness (QED) is 0.643. The van der Waals surface area contributed by atoms with E-state index in [-0.39, 0.29) is 17.2 Å². The fourth-order valence-corrected chi connectivity index (χ4v) is 3.71. The first-order valence-corrected chi connectivity index (χ1v) is 8.81. The maximum Gasteiger partial charge on any atom is 0.275 e. The molecule has 0 fully saturated rings. The molecule has 25 heavy (non-hydrogen) atoms. The van der Waals surface area contributed by atoms with Gasteiger partial charge in [0.1, 0.15) is 0 Å². The molecule has 0 atom stereocenters. The molecule has 5 nitrogen and oxygen atoms in total. The van der Waals surface area contributed by atoms with Crippen LogP contribution in [0.3, 0.4) is 0 Å². The lowest BCUT2D eigenvalue weighted by Crippen LogP contribution is -2.33. The van der Waals surface area contributed by atoms with Crippen molar-refractivity contribution in [2.45, 2.75) is 6.54 Å². The first-order valence-electron chi connectivity index (χ1n) is 7.61. The molecule has 1 amide bonds. The Bertz CT molecular complexity index is 1010. The number of halogens is 1. The minimum atomic E-state index is -0.253. The number of hydrogen-bond donors (Lipinski definition) is 0. The summed E-state index contributed by atoms with van der Waals surface area (Å²) in [6, 6.07) is 10.7. The van der Waals surface area contributed by atoms with Gasteiger partial charge in [-0.1, -0.05) is 35.9 Å². The highest BCUT2D eigenvalue weighted by atomic mass is 35.5. The molecule has 2 aromatic heterocycles. The molecule has 2 heterocycles. The average Bonchev–Trinajstić information content (AvgIpc) is 3.02. The third-order valence-corrected chi connectivity index (χ3v) is 4.99. The number of aryl methyl sites for hydroxylation is 1. The highest BCUT2D eigenvalue weighted by Crippen LogP contribution is 2.24. The minimum absolute atomic E-state index is 0.229. The van der Waals surface area contributed by atoms with E-state index in [1.807, 2.05) is 6.07 Å². The van der Waals surface area contributed by atoms with Crippen LogP contribution >= 0.6 is 22.9 Å². The number of nitrogens with zero attached hydrogens (tertiary/aromatic N) is 3. The van der Waals surface area contributed by atoms with Crippen molar-refractivity contribution in [3.05, 3.63) is 74.3 Å². The van der Waals surface area contributed by atoms with E-state index >= 15 is 0 Å². The van der Waals surface area contributed by atoms with E-state index in [9.17, 15) is 9.59 Å². The molecule has 3 aromatic rings. The van der Waals surface area contributed by atoms with E-state index in [1.165, 1.54) is 16.0 Å². The molecular formula is C18H16ClN3O2S. The molecule has 0 aliphatic rings. The highest BCUT2D eigenvalue weighted by molar-refractivity contribution is 7.16. The zero-order valence-corrected chi connectivity index (χ0v) is 15.2. The van der Waals surface area contributed by atoms with Crippen LogP contribution in [0.15, 0.2) is 53.8 Å². The maximum atomic E-state index is 13.1. The van der Waals surface area contributed by atoms with Crippen LogP contribution in [0.2, 0.25) is 4.34 Å². The topological polar surface area (TPSA) is 55.2 Å². The van der Waals surface area contributed by atoms with Gasteiger partial charge in [-0.15, -0.1) is 17.9 Å². The SMILES string of the molecule is C=CCN(Cc1ccc(Cl)s1)C(=O)c1nn(C)c(=O)c2ccccc12. The van der Waals surface area contributed by atoms with Crippen LogP contribution in [0.4, 0.5) is 0 Å². The van der Waals surface area contributed by atoms with Crippen molar-refractivity contribution in [2.24, 2.45) is 7.05 Å².